The Hall–Kier alpha value is -0.130. The topological polar surface area (TPSA) is 49.4 Å². The van der Waals surface area contributed by atoms with Crippen LogP contribution in [0.3, 0.4) is 0 Å². The van der Waals surface area contributed by atoms with Gasteiger partial charge in [0.05, 0.1) is 6.26 Å². The van der Waals surface area contributed by atoms with Crippen LogP contribution in [0.1, 0.15) is 46.5 Å². The maximum Gasteiger partial charge on any atom is 0.211 e. The number of hydrogen-bond donors (Lipinski definition) is 1. The average Bonchev–Trinajstić information content (AvgIpc) is 2.33. The fourth-order valence-electron chi connectivity index (χ4n) is 2.55. The second kappa shape index (κ2) is 7.60. The molecule has 1 aliphatic heterocycles. The summed E-state index contributed by atoms with van der Waals surface area (Å²) in [7, 11) is -3.01. The zero-order valence-electron chi connectivity index (χ0n) is 12.9. The lowest BCUT2D eigenvalue weighted by atomic mass is 9.98. The molecule has 4 nitrogen and oxygen atoms in total. The molecule has 1 heterocycles. The molecule has 0 aromatic rings. The number of nitrogens with one attached hydrogen (secondary N) is 1. The van der Waals surface area contributed by atoms with Gasteiger partial charge in [-0.3, -0.25) is 0 Å². The fraction of sp³-hybridized carbons (Fsp3) is 1.00. The largest absolute Gasteiger partial charge is 0.314 e. The Morgan fingerprint density at radius 1 is 1.26 bits per heavy atom. The molecule has 5 heteroatoms. The summed E-state index contributed by atoms with van der Waals surface area (Å²) in [6.07, 6.45) is 5.87. The van der Waals surface area contributed by atoms with Crippen LogP contribution in [0.25, 0.3) is 0 Å². The van der Waals surface area contributed by atoms with Gasteiger partial charge in [0.1, 0.15) is 0 Å². The van der Waals surface area contributed by atoms with Crippen LogP contribution in [0.15, 0.2) is 0 Å². The molecule has 1 aliphatic rings. The van der Waals surface area contributed by atoms with Gasteiger partial charge < -0.3 is 5.32 Å². The van der Waals surface area contributed by atoms with Crippen molar-refractivity contribution in [2.24, 2.45) is 11.8 Å². The van der Waals surface area contributed by atoms with Crippen LogP contribution < -0.4 is 5.32 Å². The normalized spacial score (nSPS) is 23.7. The molecule has 1 rings (SSSR count). The van der Waals surface area contributed by atoms with Crippen LogP contribution in [0.4, 0.5) is 0 Å². The number of hydrogen-bond acceptors (Lipinski definition) is 3. The van der Waals surface area contributed by atoms with Gasteiger partial charge in [0, 0.05) is 19.1 Å². The minimum absolute atomic E-state index is 0.463. The van der Waals surface area contributed by atoms with E-state index >= 15 is 0 Å². The Kier molecular flexibility index (Phi) is 6.77. The van der Waals surface area contributed by atoms with E-state index in [9.17, 15) is 8.42 Å². The molecule has 0 aromatic carbocycles. The van der Waals surface area contributed by atoms with Crippen molar-refractivity contribution in [1.29, 1.82) is 0 Å². The standard InChI is InChI=1S/C14H30N2O2S/c1-12(2)7-8-13(3)15-10-14-6-5-9-16(11-14)19(4,17)18/h12-15H,5-11H2,1-4H3. The predicted molar refractivity (Wildman–Crippen MR) is 80.7 cm³/mol. The molecule has 0 aliphatic carbocycles. The van der Waals surface area contributed by atoms with Crippen molar-refractivity contribution in [3.05, 3.63) is 0 Å². The first-order valence-electron chi connectivity index (χ1n) is 7.47. The van der Waals surface area contributed by atoms with E-state index in [-0.39, 0.29) is 0 Å². The summed E-state index contributed by atoms with van der Waals surface area (Å²) in [4.78, 5) is 0. The van der Waals surface area contributed by atoms with Gasteiger partial charge in [-0.15, -0.1) is 0 Å². The van der Waals surface area contributed by atoms with Gasteiger partial charge in [-0.1, -0.05) is 13.8 Å². The minimum atomic E-state index is -3.01. The summed E-state index contributed by atoms with van der Waals surface area (Å²) in [5.74, 6) is 1.21. The van der Waals surface area contributed by atoms with Crippen molar-refractivity contribution in [1.82, 2.24) is 9.62 Å². The first-order chi connectivity index (χ1) is 8.79. The minimum Gasteiger partial charge on any atom is -0.314 e. The molecule has 2 unspecified atom stereocenters. The van der Waals surface area contributed by atoms with E-state index in [0.29, 0.717) is 25.0 Å². The molecule has 19 heavy (non-hydrogen) atoms. The van der Waals surface area contributed by atoms with Gasteiger partial charge in [-0.05, 0) is 51.0 Å². The lowest BCUT2D eigenvalue weighted by Gasteiger charge is -2.31. The average molecular weight is 290 g/mol. The Morgan fingerprint density at radius 2 is 1.95 bits per heavy atom. The zero-order chi connectivity index (χ0) is 14.5. The van der Waals surface area contributed by atoms with E-state index in [0.717, 1.165) is 25.3 Å². The van der Waals surface area contributed by atoms with E-state index in [4.69, 9.17) is 0 Å². The van der Waals surface area contributed by atoms with Crippen molar-refractivity contribution in [3.8, 4) is 0 Å². The summed E-state index contributed by atoms with van der Waals surface area (Å²) in [5, 5.41) is 3.56. The lowest BCUT2D eigenvalue weighted by molar-refractivity contribution is 0.254. The highest BCUT2D eigenvalue weighted by Crippen LogP contribution is 2.18. The van der Waals surface area contributed by atoms with Gasteiger partial charge in [0.2, 0.25) is 10.0 Å². The summed E-state index contributed by atoms with van der Waals surface area (Å²) in [6, 6.07) is 0.524. The summed E-state index contributed by atoms with van der Waals surface area (Å²) < 4.78 is 24.7. The predicted octanol–water partition coefficient (Wildman–Crippen LogP) is 2.07. The molecular formula is C14H30N2O2S. The molecule has 0 radical (unpaired) electrons. The Balaban J connectivity index is 2.29. The lowest BCUT2D eigenvalue weighted by Crippen LogP contribution is -2.43. The highest BCUT2D eigenvalue weighted by atomic mass is 32.2. The number of piperidine rings is 1. The first kappa shape index (κ1) is 16.9. The molecular weight excluding hydrogens is 260 g/mol. The molecule has 0 spiro atoms. The van der Waals surface area contributed by atoms with Crippen LogP contribution in [0.5, 0.6) is 0 Å². The van der Waals surface area contributed by atoms with Gasteiger partial charge in [0.15, 0.2) is 0 Å². The fourth-order valence-corrected chi connectivity index (χ4v) is 3.49. The van der Waals surface area contributed by atoms with Crippen molar-refractivity contribution < 1.29 is 8.42 Å². The summed E-state index contributed by atoms with van der Waals surface area (Å²) in [5.41, 5.74) is 0. The number of nitrogens with zero attached hydrogens (tertiary/aromatic N) is 1. The highest BCUT2D eigenvalue weighted by molar-refractivity contribution is 7.88. The van der Waals surface area contributed by atoms with Gasteiger partial charge in [-0.2, -0.15) is 0 Å². The van der Waals surface area contributed by atoms with Crippen LogP contribution >= 0.6 is 0 Å². The van der Waals surface area contributed by atoms with Crippen molar-refractivity contribution >= 4 is 10.0 Å². The van der Waals surface area contributed by atoms with Crippen LogP contribution in [0.2, 0.25) is 0 Å². The van der Waals surface area contributed by atoms with Gasteiger partial charge >= 0.3 is 0 Å². The molecule has 114 valence electrons. The van der Waals surface area contributed by atoms with Gasteiger partial charge in [0.25, 0.3) is 0 Å². The maximum absolute atomic E-state index is 11.6. The quantitative estimate of drug-likeness (QED) is 0.781. The number of sulfonamides is 1. The molecule has 0 aromatic heterocycles. The van der Waals surface area contributed by atoms with Crippen molar-refractivity contribution in [2.75, 3.05) is 25.9 Å². The van der Waals surface area contributed by atoms with E-state index in [1.807, 2.05) is 0 Å². The molecule has 1 fully saturated rings. The molecule has 0 saturated carbocycles. The highest BCUT2D eigenvalue weighted by Gasteiger charge is 2.25. The van der Waals surface area contributed by atoms with Crippen LogP contribution in [0, 0.1) is 11.8 Å². The molecule has 0 bridgehead atoms. The Bertz CT molecular complexity index is 354. The molecule has 0 amide bonds. The van der Waals surface area contributed by atoms with E-state index < -0.39 is 10.0 Å². The monoisotopic (exact) mass is 290 g/mol. The van der Waals surface area contributed by atoms with Crippen molar-refractivity contribution in [2.45, 2.75) is 52.5 Å². The molecule has 2 atom stereocenters. The Labute approximate surface area is 119 Å². The summed E-state index contributed by atoms with van der Waals surface area (Å²) >= 11 is 0. The smallest absolute Gasteiger partial charge is 0.211 e. The Morgan fingerprint density at radius 3 is 2.53 bits per heavy atom. The third kappa shape index (κ3) is 6.72. The maximum atomic E-state index is 11.6. The second-order valence-electron chi connectivity index (χ2n) is 6.41. The summed E-state index contributed by atoms with van der Waals surface area (Å²) in [6.45, 7) is 9.03. The molecule has 1 N–H and O–H groups in total. The van der Waals surface area contributed by atoms with Gasteiger partial charge in [-0.25, -0.2) is 12.7 Å². The van der Waals surface area contributed by atoms with Crippen molar-refractivity contribution in [3.63, 3.8) is 0 Å². The van der Waals surface area contributed by atoms with E-state index in [2.05, 4.69) is 26.1 Å². The molecule has 1 saturated heterocycles. The third-order valence-electron chi connectivity index (χ3n) is 3.88. The first-order valence-corrected chi connectivity index (χ1v) is 9.32. The zero-order valence-corrected chi connectivity index (χ0v) is 13.7. The van der Waals surface area contributed by atoms with Crippen LogP contribution in [-0.2, 0) is 10.0 Å². The van der Waals surface area contributed by atoms with E-state index in [1.165, 1.54) is 19.1 Å². The van der Waals surface area contributed by atoms with Crippen LogP contribution in [-0.4, -0.2) is 44.7 Å². The second-order valence-corrected chi connectivity index (χ2v) is 8.39. The SMILES string of the molecule is CC(C)CCC(C)NCC1CCCN(S(C)(=O)=O)C1. The van der Waals surface area contributed by atoms with E-state index in [1.54, 1.807) is 4.31 Å². The number of rotatable bonds is 7. The third-order valence-corrected chi connectivity index (χ3v) is 5.15.